The predicted molar refractivity (Wildman–Crippen MR) is 474 cm³/mol. The molecule has 21 aromatic rings. The highest BCUT2D eigenvalue weighted by Crippen LogP contribution is 2.49. The molecule has 544 valence electrons. The Labute approximate surface area is 670 Å². The second kappa shape index (κ2) is 30.9. The molecule has 9 nitrogen and oxygen atoms in total. The summed E-state index contributed by atoms with van der Waals surface area (Å²) in [5.74, 6) is 4.09. The zero-order chi connectivity index (χ0) is 77.1. The van der Waals surface area contributed by atoms with Crippen molar-refractivity contribution in [3.8, 4) is 169 Å². The third-order valence-electron chi connectivity index (χ3n) is 21.3. The monoisotopic (exact) mass is 1480 g/mol. The van der Waals surface area contributed by atoms with E-state index in [-0.39, 0.29) is 0 Å². The van der Waals surface area contributed by atoms with Crippen molar-refractivity contribution < 1.29 is 8.83 Å². The van der Waals surface area contributed by atoms with Crippen molar-refractivity contribution in [3.05, 3.63) is 419 Å². The van der Waals surface area contributed by atoms with Gasteiger partial charge in [0.15, 0.2) is 34.5 Å². The van der Waals surface area contributed by atoms with Crippen molar-refractivity contribution in [1.29, 1.82) is 0 Å². The Bertz CT molecular complexity index is 6980. The van der Waals surface area contributed by atoms with E-state index in [1.807, 2.05) is 109 Å². The number of nitrogens with zero attached hydrogens (tertiary/aromatic N) is 7. The molecule has 0 radical (unpaired) electrons. The number of hydrogen-bond acceptors (Lipinski definition) is 9. The van der Waals surface area contributed by atoms with Gasteiger partial charge >= 0.3 is 0 Å². The van der Waals surface area contributed by atoms with Gasteiger partial charge in [-0.3, -0.25) is 0 Å². The van der Waals surface area contributed by atoms with Gasteiger partial charge in [-0.05, 0) is 62.7 Å². The number of benzene rings is 15. The number of pyridine rings is 2. The van der Waals surface area contributed by atoms with E-state index in [1.165, 1.54) is 11.1 Å². The first-order valence-electron chi connectivity index (χ1n) is 38.8. The Morgan fingerprint density at radius 2 is 0.388 bits per heavy atom. The van der Waals surface area contributed by atoms with Crippen LogP contribution in [0.1, 0.15) is 0 Å². The molecule has 0 saturated heterocycles. The highest BCUT2D eigenvalue weighted by molar-refractivity contribution is 6.20. The highest BCUT2D eigenvalue weighted by Gasteiger charge is 2.27. The fourth-order valence-electron chi connectivity index (χ4n) is 15.5. The van der Waals surface area contributed by atoms with Gasteiger partial charge in [-0.1, -0.05) is 400 Å². The summed E-state index contributed by atoms with van der Waals surface area (Å²) >= 11 is 0. The van der Waals surface area contributed by atoms with Crippen molar-refractivity contribution in [3.63, 3.8) is 0 Å². The molecular formula is C107H69N7O2. The van der Waals surface area contributed by atoms with E-state index in [9.17, 15) is 0 Å². The maximum atomic E-state index is 6.96. The fraction of sp³-hybridized carbons (Fsp3) is 0. The van der Waals surface area contributed by atoms with E-state index in [0.717, 1.165) is 178 Å². The first-order chi connectivity index (χ1) is 57.5. The SMILES string of the molecule is c1ccc(-c2ccc(-c3cc(-c4ccc(-c5c(-c6ccccc6)oc6c(-c7ccccc7)nc7ccccc7c56)cc4)nc(-c4ccccc4)n3)cc2)cc1.c1ccc(-c2ccc(-c3nc(-c4ccc(-c5ccccc5)cc4)nc(-c4ccc(-c5c(-c6ccccc6)oc6c(-c7ccccc7)nc7ccccc7c56)cc4)n3)cc2)cc1. The Hall–Kier alpha value is -15.7. The number of para-hydroxylation sites is 2. The molecule has 0 bridgehead atoms. The molecule has 21 rings (SSSR count). The Morgan fingerprint density at radius 1 is 0.164 bits per heavy atom. The number of hydrogen-bond donors (Lipinski definition) is 0. The summed E-state index contributed by atoms with van der Waals surface area (Å²) in [6, 6.07) is 144. The van der Waals surface area contributed by atoms with Crippen LogP contribution in [0.5, 0.6) is 0 Å². The number of furan rings is 2. The van der Waals surface area contributed by atoms with Gasteiger partial charge in [-0.15, -0.1) is 0 Å². The van der Waals surface area contributed by atoms with Crippen LogP contribution in [-0.2, 0) is 0 Å². The second-order valence-electron chi connectivity index (χ2n) is 28.6. The van der Waals surface area contributed by atoms with E-state index < -0.39 is 0 Å². The lowest BCUT2D eigenvalue weighted by molar-refractivity contribution is 0.632. The summed E-state index contributed by atoms with van der Waals surface area (Å²) in [7, 11) is 0. The van der Waals surface area contributed by atoms with E-state index >= 15 is 0 Å². The molecule has 0 aliphatic carbocycles. The van der Waals surface area contributed by atoms with Crippen molar-refractivity contribution >= 4 is 43.7 Å². The van der Waals surface area contributed by atoms with Gasteiger partial charge in [0.1, 0.15) is 22.9 Å². The average Bonchev–Trinajstić information content (AvgIpc) is 1.57. The van der Waals surface area contributed by atoms with Crippen LogP contribution in [-0.4, -0.2) is 34.9 Å². The van der Waals surface area contributed by atoms with Crippen molar-refractivity contribution in [1.82, 2.24) is 34.9 Å². The zero-order valence-electron chi connectivity index (χ0n) is 62.8. The standard InChI is InChI=1S/C56H36N4O.C51H33N3O/c1-5-15-37(16-6-1)39-25-31-44(32-26-39)54-58-55(45-33-27-40(28-34-45)38-17-7-2-8-18-38)60-56(59-54)46-35-29-41(30-36-46)49-50-47-23-13-14-24-48(47)57-51(42-19-9-3-10-20-42)53(50)61-52(49)43-21-11-4-12-22-43;1-5-15-34(16-6-1)35-25-27-36(28-26-35)44-33-45(54-51(53-44)41-21-11-4-12-22-41)37-29-31-38(32-30-37)46-47-42-23-13-14-24-43(42)52-48(39-17-7-2-8-18-39)50(47)55-49(46)40-19-9-3-10-20-40/h1-36H;1-33H. The van der Waals surface area contributed by atoms with E-state index in [4.69, 9.17) is 43.7 Å². The first-order valence-corrected chi connectivity index (χ1v) is 38.8. The molecule has 6 heterocycles. The average molecular weight is 1480 g/mol. The first kappa shape index (κ1) is 69.5. The van der Waals surface area contributed by atoms with E-state index in [2.05, 4.69) is 309 Å². The van der Waals surface area contributed by atoms with Crippen LogP contribution in [0.4, 0.5) is 0 Å². The summed E-state index contributed by atoms with van der Waals surface area (Å²) in [5, 5.41) is 4.16. The van der Waals surface area contributed by atoms with Gasteiger partial charge in [0, 0.05) is 88.3 Å². The summed E-state index contributed by atoms with van der Waals surface area (Å²) in [6.45, 7) is 0. The number of rotatable bonds is 15. The molecule has 0 atom stereocenters. The molecule has 0 fully saturated rings. The molecule has 0 saturated carbocycles. The third-order valence-corrected chi connectivity index (χ3v) is 21.3. The Kier molecular flexibility index (Phi) is 18.5. The van der Waals surface area contributed by atoms with Crippen molar-refractivity contribution in [2.24, 2.45) is 0 Å². The van der Waals surface area contributed by atoms with Crippen molar-refractivity contribution in [2.45, 2.75) is 0 Å². The molecular weight excluding hydrogens is 1420 g/mol. The van der Waals surface area contributed by atoms with Gasteiger partial charge in [0.05, 0.1) is 22.4 Å². The molecule has 116 heavy (non-hydrogen) atoms. The summed E-state index contributed by atoms with van der Waals surface area (Å²) in [6.07, 6.45) is 0. The molecule has 9 heteroatoms. The lowest BCUT2D eigenvalue weighted by Gasteiger charge is -2.11. The minimum absolute atomic E-state index is 0.590. The maximum Gasteiger partial charge on any atom is 0.164 e. The molecule has 0 amide bonds. The van der Waals surface area contributed by atoms with Crippen LogP contribution in [0.2, 0.25) is 0 Å². The molecule has 0 aliphatic rings. The molecule has 0 unspecified atom stereocenters. The quantitative estimate of drug-likeness (QED) is 0.0989. The number of fused-ring (bicyclic) bond motifs is 6. The lowest BCUT2D eigenvalue weighted by atomic mass is 9.94. The summed E-state index contributed by atoms with van der Waals surface area (Å²) in [5.41, 5.74) is 27.5. The van der Waals surface area contributed by atoms with Gasteiger partial charge in [-0.2, -0.15) is 0 Å². The fourth-order valence-corrected chi connectivity index (χ4v) is 15.5. The van der Waals surface area contributed by atoms with Crippen LogP contribution in [0.3, 0.4) is 0 Å². The van der Waals surface area contributed by atoms with Gasteiger partial charge < -0.3 is 8.83 Å². The Morgan fingerprint density at radius 3 is 0.707 bits per heavy atom. The van der Waals surface area contributed by atoms with Crippen LogP contribution in [0, 0.1) is 0 Å². The van der Waals surface area contributed by atoms with Gasteiger partial charge in [0.2, 0.25) is 0 Å². The lowest BCUT2D eigenvalue weighted by Crippen LogP contribution is -2.00. The van der Waals surface area contributed by atoms with Crippen LogP contribution < -0.4 is 0 Å². The molecule has 15 aromatic carbocycles. The molecule has 0 aliphatic heterocycles. The van der Waals surface area contributed by atoms with Gasteiger partial charge in [0.25, 0.3) is 0 Å². The van der Waals surface area contributed by atoms with E-state index in [0.29, 0.717) is 23.3 Å². The summed E-state index contributed by atoms with van der Waals surface area (Å²) < 4.78 is 13.9. The van der Waals surface area contributed by atoms with Crippen LogP contribution in [0.15, 0.2) is 427 Å². The second-order valence-corrected chi connectivity index (χ2v) is 28.6. The molecule has 0 N–H and O–H groups in total. The topological polar surface area (TPSA) is 117 Å². The highest BCUT2D eigenvalue weighted by atomic mass is 16.3. The summed E-state index contributed by atoms with van der Waals surface area (Å²) in [4.78, 5) is 35.8. The van der Waals surface area contributed by atoms with E-state index in [1.54, 1.807) is 0 Å². The third kappa shape index (κ3) is 13.7. The normalized spacial score (nSPS) is 11.3. The maximum absolute atomic E-state index is 6.96. The largest absolute Gasteiger partial charge is 0.453 e. The Balaban J connectivity index is 0.000000150. The smallest absolute Gasteiger partial charge is 0.164 e. The van der Waals surface area contributed by atoms with Crippen molar-refractivity contribution in [2.75, 3.05) is 0 Å². The minimum atomic E-state index is 0.590. The van der Waals surface area contributed by atoms with Crippen LogP contribution in [0.25, 0.3) is 213 Å². The molecule has 0 spiro atoms. The minimum Gasteiger partial charge on any atom is -0.453 e. The predicted octanol–water partition coefficient (Wildman–Crippen LogP) is 27.9. The molecule has 6 aromatic heterocycles. The zero-order valence-corrected chi connectivity index (χ0v) is 62.8. The number of aromatic nitrogens is 7. The van der Waals surface area contributed by atoms with Gasteiger partial charge in [-0.25, -0.2) is 34.9 Å². The van der Waals surface area contributed by atoms with Crippen LogP contribution >= 0.6 is 0 Å².